The van der Waals surface area contributed by atoms with Crippen molar-refractivity contribution in [3.05, 3.63) is 57.7 Å². The summed E-state index contributed by atoms with van der Waals surface area (Å²) >= 11 is 7.25. The van der Waals surface area contributed by atoms with E-state index < -0.39 is 5.82 Å². The minimum absolute atomic E-state index is 0.157. The number of aryl methyl sites for hydroxylation is 2. The molecule has 28 heavy (non-hydrogen) atoms. The molecule has 0 radical (unpaired) electrons. The summed E-state index contributed by atoms with van der Waals surface area (Å²) in [4.78, 5) is 16.5. The van der Waals surface area contributed by atoms with E-state index in [0.717, 1.165) is 11.1 Å². The fourth-order valence-corrected chi connectivity index (χ4v) is 3.77. The van der Waals surface area contributed by atoms with Crippen molar-refractivity contribution in [1.29, 1.82) is 0 Å². The fourth-order valence-electron chi connectivity index (χ4n) is 2.71. The van der Waals surface area contributed by atoms with Gasteiger partial charge in [-0.3, -0.25) is 10.1 Å². The standard InChI is InChI=1S/C20H18ClFN2O3S/c1-11-6-14(21)7-12(2)19(11)27-9-18(25)24-20-23-16(10-28-20)13-4-5-17(26-3)15(22)8-13/h4-8,10H,9H2,1-3H3,(H,23,24,25). The van der Waals surface area contributed by atoms with Crippen molar-refractivity contribution in [3.63, 3.8) is 0 Å². The molecule has 0 unspecified atom stereocenters. The molecular weight excluding hydrogens is 403 g/mol. The van der Waals surface area contributed by atoms with Crippen LogP contribution in [-0.2, 0) is 4.79 Å². The molecule has 0 aliphatic rings. The van der Waals surface area contributed by atoms with Gasteiger partial charge in [-0.2, -0.15) is 0 Å². The van der Waals surface area contributed by atoms with Crippen LogP contribution in [0.5, 0.6) is 11.5 Å². The van der Waals surface area contributed by atoms with Gasteiger partial charge in [-0.15, -0.1) is 11.3 Å². The molecule has 0 aliphatic carbocycles. The van der Waals surface area contributed by atoms with Crippen LogP contribution < -0.4 is 14.8 Å². The van der Waals surface area contributed by atoms with Gasteiger partial charge in [0.1, 0.15) is 5.75 Å². The molecule has 0 bridgehead atoms. The van der Waals surface area contributed by atoms with Crippen molar-refractivity contribution in [2.45, 2.75) is 13.8 Å². The van der Waals surface area contributed by atoms with Crippen LogP contribution in [-0.4, -0.2) is 24.6 Å². The lowest BCUT2D eigenvalue weighted by Gasteiger charge is -2.12. The normalized spacial score (nSPS) is 10.6. The van der Waals surface area contributed by atoms with Gasteiger partial charge in [0.25, 0.3) is 5.91 Å². The number of aromatic nitrogens is 1. The molecule has 5 nitrogen and oxygen atoms in total. The van der Waals surface area contributed by atoms with Crippen LogP contribution in [0.4, 0.5) is 9.52 Å². The number of carbonyl (C=O) groups is 1. The third-order valence-corrected chi connectivity index (χ3v) is 4.95. The number of benzene rings is 2. The highest BCUT2D eigenvalue weighted by molar-refractivity contribution is 7.14. The first-order chi connectivity index (χ1) is 13.4. The third-order valence-electron chi connectivity index (χ3n) is 3.97. The lowest BCUT2D eigenvalue weighted by atomic mass is 10.1. The quantitative estimate of drug-likeness (QED) is 0.592. The van der Waals surface area contributed by atoms with Gasteiger partial charge in [0.15, 0.2) is 23.3 Å². The number of carbonyl (C=O) groups excluding carboxylic acids is 1. The molecule has 0 spiro atoms. The molecule has 2 aromatic carbocycles. The number of thiazole rings is 1. The van der Waals surface area contributed by atoms with E-state index in [1.807, 2.05) is 13.8 Å². The van der Waals surface area contributed by atoms with Crippen LogP contribution in [0.3, 0.4) is 0 Å². The Morgan fingerprint density at radius 3 is 2.61 bits per heavy atom. The van der Waals surface area contributed by atoms with Crippen molar-refractivity contribution < 1.29 is 18.7 Å². The number of ether oxygens (including phenoxy) is 2. The van der Waals surface area contributed by atoms with E-state index in [1.165, 1.54) is 30.6 Å². The second kappa shape index (κ2) is 8.58. The van der Waals surface area contributed by atoms with Crippen molar-refractivity contribution in [1.82, 2.24) is 4.98 Å². The molecule has 8 heteroatoms. The number of rotatable bonds is 6. The van der Waals surface area contributed by atoms with Crippen LogP contribution in [0, 0.1) is 19.7 Å². The minimum Gasteiger partial charge on any atom is -0.494 e. The van der Waals surface area contributed by atoms with Crippen molar-refractivity contribution in [3.8, 4) is 22.8 Å². The molecule has 0 atom stereocenters. The number of nitrogens with zero attached hydrogens (tertiary/aromatic N) is 1. The Bertz CT molecular complexity index is 999. The van der Waals surface area contributed by atoms with Crippen molar-refractivity contribution in [2.75, 3.05) is 19.0 Å². The highest BCUT2D eigenvalue weighted by Gasteiger charge is 2.12. The van der Waals surface area contributed by atoms with Gasteiger partial charge in [-0.05, 0) is 55.3 Å². The molecule has 0 fully saturated rings. The molecule has 1 amide bonds. The summed E-state index contributed by atoms with van der Waals surface area (Å²) < 4.78 is 24.4. The molecule has 0 aliphatic heterocycles. The van der Waals surface area contributed by atoms with Gasteiger partial charge in [0.2, 0.25) is 0 Å². The SMILES string of the molecule is COc1ccc(-c2csc(NC(=O)COc3c(C)cc(Cl)cc3C)n2)cc1F. The Balaban J connectivity index is 1.64. The highest BCUT2D eigenvalue weighted by atomic mass is 35.5. The summed E-state index contributed by atoms with van der Waals surface area (Å²) in [5.41, 5.74) is 2.87. The Morgan fingerprint density at radius 2 is 1.96 bits per heavy atom. The third kappa shape index (κ3) is 4.61. The van der Waals surface area contributed by atoms with Gasteiger partial charge >= 0.3 is 0 Å². The fraction of sp³-hybridized carbons (Fsp3) is 0.200. The number of nitrogens with one attached hydrogen (secondary N) is 1. The van der Waals surface area contributed by atoms with E-state index in [2.05, 4.69) is 10.3 Å². The first-order valence-electron chi connectivity index (χ1n) is 8.36. The first-order valence-corrected chi connectivity index (χ1v) is 9.62. The number of amides is 1. The summed E-state index contributed by atoms with van der Waals surface area (Å²) in [6.45, 7) is 3.58. The smallest absolute Gasteiger partial charge is 0.264 e. The maximum atomic E-state index is 13.9. The first kappa shape index (κ1) is 20.1. The van der Waals surface area contributed by atoms with Gasteiger partial charge < -0.3 is 9.47 Å². The largest absolute Gasteiger partial charge is 0.494 e. The van der Waals surface area contributed by atoms with Crippen LogP contribution in [0.15, 0.2) is 35.7 Å². The average Bonchev–Trinajstić information content (AvgIpc) is 3.09. The number of halogens is 2. The van der Waals surface area contributed by atoms with E-state index in [1.54, 1.807) is 23.6 Å². The zero-order valence-electron chi connectivity index (χ0n) is 15.5. The van der Waals surface area contributed by atoms with Crippen LogP contribution in [0.2, 0.25) is 5.02 Å². The monoisotopic (exact) mass is 420 g/mol. The maximum Gasteiger partial charge on any atom is 0.264 e. The molecule has 146 valence electrons. The van der Waals surface area contributed by atoms with E-state index in [9.17, 15) is 9.18 Å². The Kier molecular flexibility index (Phi) is 6.16. The molecule has 1 aromatic heterocycles. The van der Waals surface area contributed by atoms with Gasteiger partial charge in [0, 0.05) is 16.0 Å². The molecule has 0 saturated heterocycles. The van der Waals surface area contributed by atoms with E-state index in [4.69, 9.17) is 21.1 Å². The molecule has 1 N–H and O–H groups in total. The predicted octanol–water partition coefficient (Wildman–Crippen LogP) is 5.25. The molecular formula is C20H18ClFN2O3S. The van der Waals surface area contributed by atoms with E-state index >= 15 is 0 Å². The van der Waals surface area contributed by atoms with Crippen molar-refractivity contribution in [2.24, 2.45) is 0 Å². The molecule has 1 heterocycles. The number of methoxy groups -OCH3 is 1. The number of hydrogen-bond acceptors (Lipinski definition) is 5. The van der Waals surface area contributed by atoms with Gasteiger partial charge in [-0.1, -0.05) is 11.6 Å². The Labute approximate surface area is 171 Å². The summed E-state index contributed by atoms with van der Waals surface area (Å²) in [6.07, 6.45) is 0. The lowest BCUT2D eigenvalue weighted by molar-refractivity contribution is -0.118. The zero-order chi connectivity index (χ0) is 20.3. The highest BCUT2D eigenvalue weighted by Crippen LogP contribution is 2.29. The second-order valence-corrected chi connectivity index (χ2v) is 7.39. The molecule has 3 aromatic rings. The summed E-state index contributed by atoms with van der Waals surface area (Å²) in [7, 11) is 1.41. The summed E-state index contributed by atoms with van der Waals surface area (Å²) in [6, 6.07) is 8.14. The summed E-state index contributed by atoms with van der Waals surface area (Å²) in [5, 5.41) is 5.46. The van der Waals surface area contributed by atoms with Gasteiger partial charge in [0.05, 0.1) is 12.8 Å². The number of hydrogen-bond donors (Lipinski definition) is 1. The minimum atomic E-state index is -0.472. The molecule has 0 saturated carbocycles. The van der Waals surface area contributed by atoms with Gasteiger partial charge in [-0.25, -0.2) is 9.37 Å². The lowest BCUT2D eigenvalue weighted by Crippen LogP contribution is -2.20. The zero-order valence-corrected chi connectivity index (χ0v) is 17.1. The van der Waals surface area contributed by atoms with Crippen LogP contribution >= 0.6 is 22.9 Å². The van der Waals surface area contributed by atoms with E-state index in [0.29, 0.717) is 27.2 Å². The topological polar surface area (TPSA) is 60.5 Å². The Morgan fingerprint density at radius 1 is 1.25 bits per heavy atom. The summed E-state index contributed by atoms with van der Waals surface area (Å²) in [5.74, 6) is -0.0122. The van der Waals surface area contributed by atoms with E-state index in [-0.39, 0.29) is 18.3 Å². The second-order valence-electron chi connectivity index (χ2n) is 6.09. The molecule has 3 rings (SSSR count). The average molecular weight is 421 g/mol. The Hall–Kier alpha value is -2.64. The van der Waals surface area contributed by atoms with Crippen LogP contribution in [0.25, 0.3) is 11.3 Å². The van der Waals surface area contributed by atoms with Crippen LogP contribution in [0.1, 0.15) is 11.1 Å². The maximum absolute atomic E-state index is 13.9. The number of anilines is 1. The predicted molar refractivity (Wildman–Crippen MR) is 109 cm³/mol. The van der Waals surface area contributed by atoms with Crippen molar-refractivity contribution >= 4 is 34.0 Å².